The second-order valence-corrected chi connectivity index (χ2v) is 4.16. The molecule has 1 unspecified atom stereocenters. The zero-order valence-electron chi connectivity index (χ0n) is 10.1. The topological polar surface area (TPSA) is 46.6 Å². The first-order chi connectivity index (χ1) is 8.65. The number of carbonyl (C=O) groups is 2. The molecule has 0 aromatic heterocycles. The molecule has 96 valence electrons. The molecule has 0 saturated carbocycles. The lowest BCUT2D eigenvalue weighted by molar-refractivity contribution is -0.145. The molecule has 0 radical (unpaired) electrons. The van der Waals surface area contributed by atoms with E-state index in [0.717, 1.165) is 6.42 Å². The quantitative estimate of drug-likeness (QED) is 0.750. The molecule has 1 aromatic carbocycles. The van der Waals surface area contributed by atoms with Crippen molar-refractivity contribution in [2.24, 2.45) is 0 Å². The molecule has 5 heteroatoms. The number of rotatable bonds is 2. The first-order valence-corrected chi connectivity index (χ1v) is 5.78. The predicted molar refractivity (Wildman–Crippen MR) is 62.5 cm³/mol. The molecule has 1 heterocycles. The summed E-state index contributed by atoms with van der Waals surface area (Å²) in [5.74, 6) is -1.48. The number of amides is 1. The van der Waals surface area contributed by atoms with Crippen LogP contribution in [0.1, 0.15) is 23.2 Å². The highest BCUT2D eigenvalue weighted by atomic mass is 19.1. The maximum absolute atomic E-state index is 13.5. The summed E-state index contributed by atoms with van der Waals surface area (Å²) in [5, 5.41) is 0. The highest BCUT2D eigenvalue weighted by molar-refractivity contribution is 5.97. The third-order valence-electron chi connectivity index (χ3n) is 3.09. The van der Waals surface area contributed by atoms with Crippen LogP contribution in [0.5, 0.6) is 0 Å². The standard InChI is InChI=1S/C13H14FNO3/c1-18-13(17)11-7-4-8-15(11)12(16)9-5-2-3-6-10(9)14/h2-3,5-6,11H,4,7-8H2,1H3. The summed E-state index contributed by atoms with van der Waals surface area (Å²) in [6, 6.07) is 5.18. The van der Waals surface area contributed by atoms with Crippen molar-refractivity contribution in [1.29, 1.82) is 0 Å². The Morgan fingerprint density at radius 3 is 2.78 bits per heavy atom. The molecule has 1 aromatic rings. The van der Waals surface area contributed by atoms with E-state index in [-0.39, 0.29) is 5.56 Å². The molecule has 1 saturated heterocycles. The van der Waals surface area contributed by atoms with Gasteiger partial charge < -0.3 is 9.64 Å². The van der Waals surface area contributed by atoms with Gasteiger partial charge in [-0.1, -0.05) is 12.1 Å². The summed E-state index contributed by atoms with van der Waals surface area (Å²) in [7, 11) is 1.28. The molecule has 0 N–H and O–H groups in total. The van der Waals surface area contributed by atoms with Gasteiger partial charge in [-0.3, -0.25) is 4.79 Å². The SMILES string of the molecule is COC(=O)C1CCCN1C(=O)c1ccccc1F. The van der Waals surface area contributed by atoms with Gasteiger partial charge in [0.1, 0.15) is 11.9 Å². The molecule has 1 aliphatic rings. The fourth-order valence-electron chi connectivity index (χ4n) is 2.18. The molecule has 1 aliphatic heterocycles. The highest BCUT2D eigenvalue weighted by Gasteiger charge is 2.35. The maximum atomic E-state index is 13.5. The lowest BCUT2D eigenvalue weighted by atomic mass is 10.1. The zero-order valence-corrected chi connectivity index (χ0v) is 10.1. The first-order valence-electron chi connectivity index (χ1n) is 5.78. The second kappa shape index (κ2) is 5.16. The lowest BCUT2D eigenvalue weighted by Crippen LogP contribution is -2.41. The number of halogens is 1. The number of methoxy groups -OCH3 is 1. The van der Waals surface area contributed by atoms with Gasteiger partial charge in [0.2, 0.25) is 0 Å². The Labute approximate surface area is 104 Å². The number of ether oxygens (including phenoxy) is 1. The molecule has 0 aliphatic carbocycles. The molecule has 1 fully saturated rings. The number of esters is 1. The normalized spacial score (nSPS) is 18.8. The van der Waals surface area contributed by atoms with E-state index in [1.807, 2.05) is 0 Å². The van der Waals surface area contributed by atoms with E-state index >= 15 is 0 Å². The minimum Gasteiger partial charge on any atom is -0.467 e. The fraction of sp³-hybridized carbons (Fsp3) is 0.385. The molecule has 2 rings (SSSR count). The van der Waals surface area contributed by atoms with Gasteiger partial charge in [-0.15, -0.1) is 0 Å². The summed E-state index contributed by atoms with van der Waals surface area (Å²) >= 11 is 0. The second-order valence-electron chi connectivity index (χ2n) is 4.16. The fourth-order valence-corrected chi connectivity index (χ4v) is 2.18. The van der Waals surface area contributed by atoms with Crippen LogP contribution < -0.4 is 0 Å². The largest absolute Gasteiger partial charge is 0.467 e. The van der Waals surface area contributed by atoms with Crippen LogP contribution in [0.15, 0.2) is 24.3 Å². The van der Waals surface area contributed by atoms with E-state index in [9.17, 15) is 14.0 Å². The number of benzene rings is 1. The summed E-state index contributed by atoms with van der Waals surface area (Å²) in [5.41, 5.74) is -0.00620. The first kappa shape index (κ1) is 12.5. The highest BCUT2D eigenvalue weighted by Crippen LogP contribution is 2.22. The average molecular weight is 251 g/mol. The van der Waals surface area contributed by atoms with E-state index < -0.39 is 23.7 Å². The number of nitrogens with zero attached hydrogens (tertiary/aromatic N) is 1. The Morgan fingerprint density at radius 1 is 1.39 bits per heavy atom. The van der Waals surface area contributed by atoms with E-state index in [1.165, 1.54) is 30.2 Å². The Bertz CT molecular complexity index is 475. The van der Waals surface area contributed by atoms with Crippen molar-refractivity contribution >= 4 is 11.9 Å². The maximum Gasteiger partial charge on any atom is 0.328 e. The van der Waals surface area contributed by atoms with Gasteiger partial charge in [-0.25, -0.2) is 9.18 Å². The van der Waals surface area contributed by atoms with Crippen molar-refractivity contribution in [2.45, 2.75) is 18.9 Å². The van der Waals surface area contributed by atoms with E-state index in [1.54, 1.807) is 6.07 Å². The van der Waals surface area contributed by atoms with E-state index in [2.05, 4.69) is 4.74 Å². The predicted octanol–water partition coefficient (Wildman–Crippen LogP) is 1.60. The number of hydrogen-bond acceptors (Lipinski definition) is 3. The van der Waals surface area contributed by atoms with Crippen LogP contribution in [0.25, 0.3) is 0 Å². The average Bonchev–Trinajstić information content (AvgIpc) is 2.86. The van der Waals surface area contributed by atoms with Crippen LogP contribution in [0, 0.1) is 5.82 Å². The number of likely N-dealkylation sites (tertiary alicyclic amines) is 1. The van der Waals surface area contributed by atoms with Crippen molar-refractivity contribution in [2.75, 3.05) is 13.7 Å². The zero-order chi connectivity index (χ0) is 13.1. The van der Waals surface area contributed by atoms with Crippen LogP contribution in [0.2, 0.25) is 0 Å². The van der Waals surface area contributed by atoms with E-state index in [0.29, 0.717) is 13.0 Å². The van der Waals surface area contributed by atoms with Crippen molar-refractivity contribution in [1.82, 2.24) is 4.90 Å². The van der Waals surface area contributed by atoms with Crippen molar-refractivity contribution in [3.05, 3.63) is 35.6 Å². The number of hydrogen-bond donors (Lipinski definition) is 0. The summed E-state index contributed by atoms with van der Waals surface area (Å²) in [6.07, 6.45) is 1.28. The molecule has 0 bridgehead atoms. The smallest absolute Gasteiger partial charge is 0.328 e. The summed E-state index contributed by atoms with van der Waals surface area (Å²) < 4.78 is 18.2. The third kappa shape index (κ3) is 2.20. The Kier molecular flexibility index (Phi) is 3.60. The Morgan fingerprint density at radius 2 is 2.11 bits per heavy atom. The van der Waals surface area contributed by atoms with Crippen LogP contribution in [0.4, 0.5) is 4.39 Å². The summed E-state index contributed by atoms with van der Waals surface area (Å²) in [6.45, 7) is 0.451. The lowest BCUT2D eigenvalue weighted by Gasteiger charge is -2.22. The van der Waals surface area contributed by atoms with Crippen LogP contribution in [-0.4, -0.2) is 36.5 Å². The van der Waals surface area contributed by atoms with Gasteiger partial charge in [-0.2, -0.15) is 0 Å². The monoisotopic (exact) mass is 251 g/mol. The van der Waals surface area contributed by atoms with Crippen molar-refractivity contribution in [3.63, 3.8) is 0 Å². The molecular weight excluding hydrogens is 237 g/mol. The van der Waals surface area contributed by atoms with Crippen LogP contribution in [0.3, 0.4) is 0 Å². The molecule has 18 heavy (non-hydrogen) atoms. The third-order valence-corrected chi connectivity index (χ3v) is 3.09. The van der Waals surface area contributed by atoms with Crippen LogP contribution in [-0.2, 0) is 9.53 Å². The Hall–Kier alpha value is -1.91. The van der Waals surface area contributed by atoms with Crippen LogP contribution >= 0.6 is 0 Å². The molecule has 1 atom stereocenters. The molecule has 0 spiro atoms. The van der Waals surface area contributed by atoms with Gasteiger partial charge >= 0.3 is 5.97 Å². The molecule has 4 nitrogen and oxygen atoms in total. The molecular formula is C13H14FNO3. The minimum absolute atomic E-state index is 0.00620. The Balaban J connectivity index is 2.23. The van der Waals surface area contributed by atoms with Gasteiger partial charge in [0.15, 0.2) is 0 Å². The van der Waals surface area contributed by atoms with E-state index in [4.69, 9.17) is 0 Å². The van der Waals surface area contributed by atoms with Crippen molar-refractivity contribution < 1.29 is 18.7 Å². The van der Waals surface area contributed by atoms with Gasteiger partial charge in [0.25, 0.3) is 5.91 Å². The molecule has 1 amide bonds. The number of carbonyl (C=O) groups excluding carboxylic acids is 2. The van der Waals surface area contributed by atoms with Crippen molar-refractivity contribution in [3.8, 4) is 0 Å². The van der Waals surface area contributed by atoms with Gasteiger partial charge in [0.05, 0.1) is 12.7 Å². The van der Waals surface area contributed by atoms with Gasteiger partial charge in [0, 0.05) is 6.54 Å². The minimum atomic E-state index is -0.595. The summed E-state index contributed by atoms with van der Waals surface area (Å²) in [4.78, 5) is 25.1. The van der Waals surface area contributed by atoms with Gasteiger partial charge in [-0.05, 0) is 25.0 Å².